The molecule has 0 saturated carbocycles. The zero-order chi connectivity index (χ0) is 24.2. The Labute approximate surface area is 204 Å². The van der Waals surface area contributed by atoms with Crippen LogP contribution in [0.3, 0.4) is 0 Å². The van der Waals surface area contributed by atoms with Crippen molar-refractivity contribution in [2.24, 2.45) is 5.92 Å². The maximum Gasteiger partial charge on any atom is 0.220 e. The minimum absolute atomic E-state index is 0. The first-order valence-electron chi connectivity index (χ1n) is 12.5. The van der Waals surface area contributed by atoms with Gasteiger partial charge in [-0.15, -0.1) is 0 Å². The van der Waals surface area contributed by atoms with Crippen molar-refractivity contribution in [3.05, 3.63) is 64.8 Å². The predicted octanol–water partition coefficient (Wildman–Crippen LogP) is 5.67. The summed E-state index contributed by atoms with van der Waals surface area (Å²) in [5, 5.41) is 14.0. The Hall–Kier alpha value is -3.26. The Morgan fingerprint density at radius 3 is 2.74 bits per heavy atom. The number of aryl methyl sites for hydroxylation is 1. The normalized spacial score (nSPS) is 15.9. The highest BCUT2D eigenvalue weighted by atomic mass is 16.1. The maximum atomic E-state index is 12.4. The van der Waals surface area contributed by atoms with Crippen molar-refractivity contribution in [2.45, 2.75) is 65.0 Å². The van der Waals surface area contributed by atoms with Crippen LogP contribution in [-0.2, 0) is 24.2 Å². The molecule has 0 spiro atoms. The van der Waals surface area contributed by atoms with Gasteiger partial charge in [0.1, 0.15) is 0 Å². The van der Waals surface area contributed by atoms with E-state index in [-0.39, 0.29) is 13.4 Å². The molecule has 1 N–H and O–H groups in total. The summed E-state index contributed by atoms with van der Waals surface area (Å²) in [5.41, 5.74) is 7.13. The van der Waals surface area contributed by atoms with Gasteiger partial charge in [-0.25, -0.2) is 0 Å². The molecular formula is C29H38N4O. The SMILES string of the molecule is CC(C)CC(=O)NC1CCCc2c(c3cc(C#N)ccc3n2Cc2ccccc2N(C)C)CC1.[HH]. The summed E-state index contributed by atoms with van der Waals surface area (Å²) >= 11 is 0. The molecule has 0 fully saturated rings. The van der Waals surface area contributed by atoms with Gasteiger partial charge in [0, 0.05) is 56.8 Å². The van der Waals surface area contributed by atoms with Gasteiger partial charge in [-0.2, -0.15) is 5.26 Å². The molecular weight excluding hydrogens is 420 g/mol. The van der Waals surface area contributed by atoms with E-state index in [4.69, 9.17) is 0 Å². The summed E-state index contributed by atoms with van der Waals surface area (Å²) in [6, 6.07) is 17.2. The Bertz CT molecular complexity index is 1220. The number of carbonyl (C=O) groups excluding carboxylic acids is 1. The smallest absolute Gasteiger partial charge is 0.220 e. The molecule has 1 unspecified atom stereocenters. The third-order valence-corrected chi connectivity index (χ3v) is 6.89. The molecule has 4 rings (SSSR count). The minimum atomic E-state index is 0. The van der Waals surface area contributed by atoms with Crippen molar-refractivity contribution in [1.82, 2.24) is 9.88 Å². The van der Waals surface area contributed by atoms with Gasteiger partial charge in [-0.3, -0.25) is 4.79 Å². The van der Waals surface area contributed by atoms with Crippen LogP contribution < -0.4 is 10.2 Å². The van der Waals surface area contributed by atoms with E-state index < -0.39 is 0 Å². The monoisotopic (exact) mass is 458 g/mol. The molecule has 1 atom stereocenters. The molecule has 1 aliphatic rings. The molecule has 5 heteroatoms. The van der Waals surface area contributed by atoms with E-state index in [1.807, 2.05) is 6.07 Å². The summed E-state index contributed by atoms with van der Waals surface area (Å²) in [4.78, 5) is 14.6. The first kappa shape index (κ1) is 23.9. The van der Waals surface area contributed by atoms with E-state index >= 15 is 0 Å². The molecule has 1 aliphatic carbocycles. The zero-order valence-corrected chi connectivity index (χ0v) is 20.9. The molecule has 2 aromatic carbocycles. The van der Waals surface area contributed by atoms with Crippen molar-refractivity contribution in [3.63, 3.8) is 0 Å². The number of benzene rings is 2. The van der Waals surface area contributed by atoms with Crippen LogP contribution in [-0.4, -0.2) is 30.6 Å². The lowest BCUT2D eigenvalue weighted by atomic mass is 9.93. The Morgan fingerprint density at radius 2 is 2.00 bits per heavy atom. The second kappa shape index (κ2) is 10.3. The number of nitrogens with one attached hydrogen (secondary N) is 1. The predicted molar refractivity (Wildman–Crippen MR) is 141 cm³/mol. The molecule has 180 valence electrons. The Kier molecular flexibility index (Phi) is 7.26. The van der Waals surface area contributed by atoms with Crippen molar-refractivity contribution in [1.29, 1.82) is 5.26 Å². The average molecular weight is 459 g/mol. The van der Waals surface area contributed by atoms with Crippen LogP contribution in [0.15, 0.2) is 42.5 Å². The van der Waals surface area contributed by atoms with Crippen LogP contribution in [0.4, 0.5) is 5.69 Å². The first-order valence-corrected chi connectivity index (χ1v) is 12.5. The minimum Gasteiger partial charge on any atom is -0.377 e. The summed E-state index contributed by atoms with van der Waals surface area (Å²) < 4.78 is 2.46. The van der Waals surface area contributed by atoms with E-state index in [2.05, 4.69) is 85.2 Å². The fraction of sp³-hybridized carbons (Fsp3) is 0.448. The van der Waals surface area contributed by atoms with Crippen LogP contribution in [0.5, 0.6) is 0 Å². The van der Waals surface area contributed by atoms with Crippen molar-refractivity contribution in [2.75, 3.05) is 19.0 Å². The fourth-order valence-corrected chi connectivity index (χ4v) is 5.32. The molecule has 0 radical (unpaired) electrons. The maximum absolute atomic E-state index is 12.4. The third-order valence-electron chi connectivity index (χ3n) is 6.89. The van der Waals surface area contributed by atoms with Gasteiger partial charge in [0.15, 0.2) is 0 Å². The number of rotatable bonds is 6. The van der Waals surface area contributed by atoms with Crippen molar-refractivity contribution < 1.29 is 6.22 Å². The lowest BCUT2D eigenvalue weighted by Gasteiger charge is -2.23. The van der Waals surface area contributed by atoms with Gasteiger partial charge >= 0.3 is 0 Å². The van der Waals surface area contributed by atoms with Gasteiger partial charge in [0.05, 0.1) is 11.6 Å². The number of nitrogens with zero attached hydrogens (tertiary/aromatic N) is 3. The molecule has 1 heterocycles. The van der Waals surface area contributed by atoms with E-state index in [1.165, 1.54) is 33.4 Å². The van der Waals surface area contributed by atoms with Crippen molar-refractivity contribution in [3.8, 4) is 6.07 Å². The lowest BCUT2D eigenvalue weighted by molar-refractivity contribution is -0.122. The Morgan fingerprint density at radius 1 is 1.21 bits per heavy atom. The van der Waals surface area contributed by atoms with Crippen LogP contribution in [0.25, 0.3) is 10.9 Å². The number of fused-ring (bicyclic) bond motifs is 3. The molecule has 1 amide bonds. The van der Waals surface area contributed by atoms with Gasteiger partial charge in [0.25, 0.3) is 0 Å². The Balaban J connectivity index is 0.00000342. The number of hydrogen-bond donors (Lipinski definition) is 1. The third kappa shape index (κ3) is 5.12. The van der Waals surface area contributed by atoms with Crippen LogP contribution >= 0.6 is 0 Å². The molecule has 3 aromatic rings. The summed E-state index contributed by atoms with van der Waals surface area (Å²) in [6.45, 7) is 4.97. The van der Waals surface area contributed by atoms with E-state index in [0.29, 0.717) is 17.9 Å². The first-order chi connectivity index (χ1) is 16.4. The molecule has 5 nitrogen and oxygen atoms in total. The van der Waals surface area contributed by atoms with E-state index in [9.17, 15) is 10.1 Å². The highest BCUT2D eigenvalue weighted by Gasteiger charge is 2.23. The number of para-hydroxylation sites is 1. The number of anilines is 1. The van der Waals surface area contributed by atoms with Crippen LogP contribution in [0, 0.1) is 17.2 Å². The second-order valence-electron chi connectivity index (χ2n) is 10.2. The quantitative estimate of drug-likeness (QED) is 0.517. The second-order valence-corrected chi connectivity index (χ2v) is 10.2. The average Bonchev–Trinajstić information content (AvgIpc) is 3.06. The fourth-order valence-electron chi connectivity index (χ4n) is 5.32. The molecule has 34 heavy (non-hydrogen) atoms. The molecule has 1 aromatic heterocycles. The summed E-state index contributed by atoms with van der Waals surface area (Å²) in [5.74, 6) is 0.530. The number of hydrogen-bond acceptors (Lipinski definition) is 3. The van der Waals surface area contributed by atoms with Gasteiger partial charge in [-0.05, 0) is 73.4 Å². The number of carbonyl (C=O) groups is 1. The largest absolute Gasteiger partial charge is 0.377 e. The number of amides is 1. The summed E-state index contributed by atoms with van der Waals surface area (Å²) in [6.07, 6.45) is 5.44. The highest BCUT2D eigenvalue weighted by Crippen LogP contribution is 2.33. The van der Waals surface area contributed by atoms with E-state index in [0.717, 1.165) is 38.6 Å². The standard InChI is InChI=1S/C29H36N4O.H2/c1-20(2)16-29(34)31-23-9-7-11-27-24(14-13-23)25-17-21(18-30)12-15-28(25)33(27)19-22-8-5-6-10-26(22)32(3)4;/h5-6,8,10,12,15,17,20,23H,7,9,11,13-14,16,19H2,1-4H3,(H,31,34);1H. The molecule has 0 bridgehead atoms. The lowest BCUT2D eigenvalue weighted by Crippen LogP contribution is -2.36. The van der Waals surface area contributed by atoms with Crippen LogP contribution in [0.2, 0.25) is 0 Å². The van der Waals surface area contributed by atoms with Crippen LogP contribution in [0.1, 0.15) is 63.3 Å². The van der Waals surface area contributed by atoms with Gasteiger partial charge in [-0.1, -0.05) is 32.0 Å². The topological polar surface area (TPSA) is 61.1 Å². The summed E-state index contributed by atoms with van der Waals surface area (Å²) in [7, 11) is 4.17. The highest BCUT2D eigenvalue weighted by molar-refractivity contribution is 5.87. The molecule has 0 aliphatic heterocycles. The number of nitriles is 1. The van der Waals surface area contributed by atoms with Gasteiger partial charge in [0.2, 0.25) is 5.91 Å². The van der Waals surface area contributed by atoms with Crippen molar-refractivity contribution >= 4 is 22.5 Å². The van der Waals surface area contributed by atoms with Gasteiger partial charge < -0.3 is 14.8 Å². The molecule has 0 saturated heterocycles. The van der Waals surface area contributed by atoms with E-state index in [1.54, 1.807) is 0 Å². The zero-order valence-electron chi connectivity index (χ0n) is 20.9. The number of aromatic nitrogens is 1.